The third-order valence-electron chi connectivity index (χ3n) is 6.53. The molecule has 0 radical (unpaired) electrons. The van der Waals surface area contributed by atoms with E-state index in [1.807, 2.05) is 18.2 Å². The lowest BCUT2D eigenvalue weighted by Gasteiger charge is -2.38. The van der Waals surface area contributed by atoms with E-state index >= 15 is 0 Å². The third-order valence-corrected chi connectivity index (χ3v) is 6.53. The second kappa shape index (κ2) is 7.67. The molecule has 1 fully saturated rings. The Morgan fingerprint density at radius 3 is 2.57 bits per heavy atom. The van der Waals surface area contributed by atoms with Gasteiger partial charge in [0.15, 0.2) is 0 Å². The molecule has 2 aromatic rings. The van der Waals surface area contributed by atoms with Crippen LogP contribution in [0, 0.1) is 5.82 Å². The number of halogens is 1. The molecule has 1 aliphatic carbocycles. The summed E-state index contributed by atoms with van der Waals surface area (Å²) in [4.78, 5) is 14.0. The fourth-order valence-electron chi connectivity index (χ4n) is 5.00. The van der Waals surface area contributed by atoms with Crippen LogP contribution in [0.1, 0.15) is 55.7 Å². The predicted octanol–water partition coefficient (Wildman–Crippen LogP) is 4.87. The van der Waals surface area contributed by atoms with Crippen molar-refractivity contribution in [2.45, 2.75) is 50.9 Å². The van der Waals surface area contributed by atoms with Crippen LogP contribution in [0.4, 0.5) is 10.1 Å². The number of nitrogens with one attached hydrogen (secondary N) is 1. The van der Waals surface area contributed by atoms with Gasteiger partial charge in [-0.3, -0.25) is 4.79 Å². The van der Waals surface area contributed by atoms with E-state index in [-0.39, 0.29) is 17.1 Å². The zero-order valence-electron chi connectivity index (χ0n) is 16.8. The number of benzene rings is 2. The Morgan fingerprint density at radius 1 is 1.18 bits per heavy atom. The van der Waals surface area contributed by atoms with Gasteiger partial charge in [0.1, 0.15) is 5.82 Å². The fourth-order valence-corrected chi connectivity index (χ4v) is 5.00. The molecule has 0 spiro atoms. The highest BCUT2D eigenvalue weighted by Gasteiger charge is 2.37. The normalized spacial score (nSPS) is 22.8. The maximum atomic E-state index is 13.2. The minimum atomic E-state index is -0.160. The molecule has 4 rings (SSSR count). The zero-order valence-corrected chi connectivity index (χ0v) is 16.8. The van der Waals surface area contributed by atoms with Crippen molar-refractivity contribution >= 4 is 11.6 Å². The van der Waals surface area contributed by atoms with Gasteiger partial charge in [0.05, 0.1) is 0 Å². The van der Waals surface area contributed by atoms with E-state index in [9.17, 15) is 9.18 Å². The van der Waals surface area contributed by atoms with E-state index in [2.05, 4.69) is 29.3 Å². The maximum absolute atomic E-state index is 13.2. The molecule has 1 aliphatic heterocycles. The van der Waals surface area contributed by atoms with E-state index in [1.165, 1.54) is 16.7 Å². The van der Waals surface area contributed by atoms with Crippen molar-refractivity contribution in [1.82, 2.24) is 4.90 Å². The van der Waals surface area contributed by atoms with Crippen molar-refractivity contribution in [2.75, 3.05) is 25.0 Å². The fraction of sp³-hybridized carbons (Fsp3) is 0.458. The SMILES string of the molecule is CC(=O)Nc1ccc2c(c1)C(C)(CN1CCC(c3ccc(F)cc3)CC1)CC2. The number of hydrogen-bond donors (Lipinski definition) is 1. The van der Waals surface area contributed by atoms with Crippen molar-refractivity contribution in [3.8, 4) is 0 Å². The first-order chi connectivity index (χ1) is 13.4. The summed E-state index contributed by atoms with van der Waals surface area (Å²) in [5.41, 5.74) is 5.09. The van der Waals surface area contributed by atoms with Crippen molar-refractivity contribution in [3.05, 3.63) is 65.0 Å². The van der Waals surface area contributed by atoms with Gasteiger partial charge in [-0.25, -0.2) is 4.39 Å². The molecule has 2 aromatic carbocycles. The van der Waals surface area contributed by atoms with Gasteiger partial charge in [-0.05, 0) is 85.6 Å². The quantitative estimate of drug-likeness (QED) is 0.821. The molecule has 1 amide bonds. The number of nitrogens with zero attached hydrogens (tertiary/aromatic N) is 1. The summed E-state index contributed by atoms with van der Waals surface area (Å²) in [5.74, 6) is 0.349. The second-order valence-electron chi connectivity index (χ2n) is 8.72. The highest BCUT2D eigenvalue weighted by molar-refractivity contribution is 5.88. The standard InChI is InChI=1S/C24H29FN2O/c1-17(28)26-22-8-5-20-9-12-24(2,23(20)15-22)16-27-13-10-19(11-14-27)18-3-6-21(25)7-4-18/h3-8,15,19H,9-14,16H2,1-2H3,(H,26,28). The first kappa shape index (κ1) is 19.1. The molecule has 1 unspecified atom stereocenters. The molecule has 0 saturated carbocycles. The number of carbonyl (C=O) groups excluding carboxylic acids is 1. The van der Waals surface area contributed by atoms with Gasteiger partial charge in [-0.2, -0.15) is 0 Å². The molecule has 1 heterocycles. The van der Waals surface area contributed by atoms with Crippen LogP contribution >= 0.6 is 0 Å². The average Bonchev–Trinajstić information content (AvgIpc) is 2.99. The van der Waals surface area contributed by atoms with Crippen molar-refractivity contribution < 1.29 is 9.18 Å². The molecule has 1 atom stereocenters. The number of piperidine rings is 1. The van der Waals surface area contributed by atoms with E-state index in [0.717, 1.165) is 51.0 Å². The molecule has 0 bridgehead atoms. The first-order valence-corrected chi connectivity index (χ1v) is 10.3. The van der Waals surface area contributed by atoms with Gasteiger partial charge in [0.2, 0.25) is 5.91 Å². The predicted molar refractivity (Wildman–Crippen MR) is 111 cm³/mol. The summed E-state index contributed by atoms with van der Waals surface area (Å²) in [6.07, 6.45) is 4.52. The number of aryl methyl sites for hydroxylation is 1. The first-order valence-electron chi connectivity index (χ1n) is 10.3. The van der Waals surface area contributed by atoms with E-state index in [1.54, 1.807) is 19.1 Å². The van der Waals surface area contributed by atoms with Crippen molar-refractivity contribution in [1.29, 1.82) is 0 Å². The van der Waals surface area contributed by atoms with Gasteiger partial charge < -0.3 is 10.2 Å². The molecule has 2 aliphatic rings. The number of fused-ring (bicyclic) bond motifs is 1. The van der Waals surface area contributed by atoms with Crippen LogP contribution in [0.2, 0.25) is 0 Å². The molecule has 28 heavy (non-hydrogen) atoms. The molecule has 1 N–H and O–H groups in total. The molecular weight excluding hydrogens is 351 g/mol. The minimum Gasteiger partial charge on any atom is -0.326 e. The van der Waals surface area contributed by atoms with Crippen LogP contribution < -0.4 is 5.32 Å². The summed E-state index contributed by atoms with van der Waals surface area (Å²) in [5, 5.41) is 2.92. The minimum absolute atomic E-state index is 0.0254. The van der Waals surface area contributed by atoms with Crippen molar-refractivity contribution in [3.63, 3.8) is 0 Å². The molecular formula is C24H29FN2O. The number of rotatable bonds is 4. The van der Waals surface area contributed by atoms with E-state index in [0.29, 0.717) is 5.92 Å². The van der Waals surface area contributed by atoms with Gasteiger partial charge in [-0.1, -0.05) is 25.1 Å². The zero-order chi connectivity index (χ0) is 19.7. The van der Waals surface area contributed by atoms with E-state index in [4.69, 9.17) is 0 Å². The second-order valence-corrected chi connectivity index (χ2v) is 8.72. The Kier molecular flexibility index (Phi) is 5.24. The summed E-state index contributed by atoms with van der Waals surface area (Å²) in [7, 11) is 0. The highest BCUT2D eigenvalue weighted by Crippen LogP contribution is 2.41. The summed E-state index contributed by atoms with van der Waals surface area (Å²) >= 11 is 0. The lowest BCUT2D eigenvalue weighted by Crippen LogP contribution is -2.41. The van der Waals surface area contributed by atoms with Gasteiger partial charge in [0, 0.05) is 24.6 Å². The van der Waals surface area contributed by atoms with Crippen LogP contribution in [-0.4, -0.2) is 30.4 Å². The Labute approximate surface area is 166 Å². The summed E-state index contributed by atoms with van der Waals surface area (Å²) in [6, 6.07) is 13.4. The number of likely N-dealkylation sites (tertiary alicyclic amines) is 1. The Bertz CT molecular complexity index is 855. The number of amides is 1. The largest absolute Gasteiger partial charge is 0.326 e. The molecule has 4 heteroatoms. The Balaban J connectivity index is 1.42. The van der Waals surface area contributed by atoms with Gasteiger partial charge in [-0.15, -0.1) is 0 Å². The van der Waals surface area contributed by atoms with Crippen LogP contribution in [0.25, 0.3) is 0 Å². The lowest BCUT2D eigenvalue weighted by molar-refractivity contribution is -0.114. The van der Waals surface area contributed by atoms with Gasteiger partial charge >= 0.3 is 0 Å². The summed E-state index contributed by atoms with van der Waals surface area (Å²) < 4.78 is 13.2. The highest BCUT2D eigenvalue weighted by atomic mass is 19.1. The van der Waals surface area contributed by atoms with Crippen LogP contribution in [-0.2, 0) is 16.6 Å². The van der Waals surface area contributed by atoms with Crippen LogP contribution in [0.5, 0.6) is 0 Å². The van der Waals surface area contributed by atoms with Crippen molar-refractivity contribution in [2.24, 2.45) is 0 Å². The van der Waals surface area contributed by atoms with Gasteiger partial charge in [0.25, 0.3) is 0 Å². The molecule has 1 saturated heterocycles. The Morgan fingerprint density at radius 2 is 1.89 bits per heavy atom. The number of carbonyl (C=O) groups is 1. The molecule has 148 valence electrons. The van der Waals surface area contributed by atoms with Crippen LogP contribution in [0.3, 0.4) is 0 Å². The molecule has 3 nitrogen and oxygen atoms in total. The number of anilines is 1. The van der Waals surface area contributed by atoms with E-state index < -0.39 is 0 Å². The maximum Gasteiger partial charge on any atom is 0.221 e. The summed E-state index contributed by atoms with van der Waals surface area (Å²) in [6.45, 7) is 7.14. The number of hydrogen-bond acceptors (Lipinski definition) is 2. The lowest BCUT2D eigenvalue weighted by atomic mass is 9.82. The topological polar surface area (TPSA) is 32.3 Å². The monoisotopic (exact) mass is 380 g/mol. The average molecular weight is 381 g/mol. The van der Waals surface area contributed by atoms with Crippen LogP contribution in [0.15, 0.2) is 42.5 Å². The Hall–Kier alpha value is -2.20. The molecule has 0 aromatic heterocycles. The smallest absolute Gasteiger partial charge is 0.221 e. The third kappa shape index (κ3) is 3.97.